The second-order valence-electron chi connectivity index (χ2n) is 4.70. The molecule has 0 aromatic heterocycles. The SMILES string of the molecule is COc1cc(CCNCCc2ccccc2)ccc1Cl. The van der Waals surface area contributed by atoms with Crippen molar-refractivity contribution >= 4 is 11.6 Å². The summed E-state index contributed by atoms with van der Waals surface area (Å²) in [5.41, 5.74) is 2.60. The Morgan fingerprint density at radius 1 is 0.950 bits per heavy atom. The third-order valence-electron chi connectivity index (χ3n) is 3.24. The lowest BCUT2D eigenvalue weighted by atomic mass is 10.1. The van der Waals surface area contributed by atoms with Gasteiger partial charge >= 0.3 is 0 Å². The Kier molecular flexibility index (Phi) is 5.90. The molecular formula is C17H20ClNO. The zero-order valence-corrected chi connectivity index (χ0v) is 12.5. The minimum Gasteiger partial charge on any atom is -0.495 e. The van der Waals surface area contributed by atoms with Crippen molar-refractivity contribution < 1.29 is 4.74 Å². The lowest BCUT2D eigenvalue weighted by Gasteiger charge is -2.08. The van der Waals surface area contributed by atoms with Gasteiger partial charge in [0.15, 0.2) is 0 Å². The molecule has 106 valence electrons. The zero-order valence-electron chi connectivity index (χ0n) is 11.7. The molecule has 0 heterocycles. The molecule has 0 fully saturated rings. The van der Waals surface area contributed by atoms with E-state index in [1.165, 1.54) is 11.1 Å². The highest BCUT2D eigenvalue weighted by atomic mass is 35.5. The van der Waals surface area contributed by atoms with Crippen molar-refractivity contribution in [1.29, 1.82) is 0 Å². The van der Waals surface area contributed by atoms with Crippen LogP contribution >= 0.6 is 11.6 Å². The van der Waals surface area contributed by atoms with E-state index in [4.69, 9.17) is 16.3 Å². The van der Waals surface area contributed by atoms with Gasteiger partial charge in [0.2, 0.25) is 0 Å². The second kappa shape index (κ2) is 7.93. The summed E-state index contributed by atoms with van der Waals surface area (Å²) in [4.78, 5) is 0. The normalized spacial score (nSPS) is 10.5. The first-order chi connectivity index (χ1) is 9.79. The number of rotatable bonds is 7. The molecular weight excluding hydrogens is 270 g/mol. The van der Waals surface area contributed by atoms with E-state index in [-0.39, 0.29) is 0 Å². The smallest absolute Gasteiger partial charge is 0.137 e. The third kappa shape index (κ3) is 4.55. The van der Waals surface area contributed by atoms with E-state index in [2.05, 4.69) is 29.6 Å². The first kappa shape index (κ1) is 14.9. The quantitative estimate of drug-likeness (QED) is 0.784. The first-order valence-corrected chi connectivity index (χ1v) is 7.24. The van der Waals surface area contributed by atoms with E-state index in [0.29, 0.717) is 5.02 Å². The van der Waals surface area contributed by atoms with Gasteiger partial charge in [0, 0.05) is 0 Å². The number of nitrogens with one attached hydrogen (secondary N) is 1. The number of ether oxygens (including phenoxy) is 1. The molecule has 2 aromatic carbocycles. The highest BCUT2D eigenvalue weighted by Gasteiger charge is 2.01. The Hall–Kier alpha value is -1.51. The van der Waals surface area contributed by atoms with Gasteiger partial charge in [0.1, 0.15) is 5.75 Å². The van der Waals surface area contributed by atoms with Crippen molar-refractivity contribution in [3.8, 4) is 5.75 Å². The van der Waals surface area contributed by atoms with E-state index >= 15 is 0 Å². The Balaban J connectivity index is 1.71. The minimum absolute atomic E-state index is 0.660. The topological polar surface area (TPSA) is 21.3 Å². The molecule has 0 spiro atoms. The van der Waals surface area contributed by atoms with Crippen LogP contribution < -0.4 is 10.1 Å². The van der Waals surface area contributed by atoms with E-state index in [1.54, 1.807) is 7.11 Å². The van der Waals surface area contributed by atoms with Crippen LogP contribution in [0, 0.1) is 0 Å². The number of halogens is 1. The van der Waals surface area contributed by atoms with Crippen molar-refractivity contribution in [3.63, 3.8) is 0 Å². The molecule has 20 heavy (non-hydrogen) atoms. The van der Waals surface area contributed by atoms with Crippen molar-refractivity contribution in [3.05, 3.63) is 64.7 Å². The standard InChI is InChI=1S/C17H20ClNO/c1-20-17-13-15(7-8-16(17)18)10-12-19-11-9-14-5-3-2-4-6-14/h2-8,13,19H,9-12H2,1H3. The molecule has 0 aliphatic rings. The van der Waals surface area contributed by atoms with E-state index in [0.717, 1.165) is 31.7 Å². The summed E-state index contributed by atoms with van der Waals surface area (Å²) in [6, 6.07) is 16.5. The van der Waals surface area contributed by atoms with Gasteiger partial charge in [0.25, 0.3) is 0 Å². The summed E-state index contributed by atoms with van der Waals surface area (Å²) in [6.45, 7) is 1.95. The summed E-state index contributed by atoms with van der Waals surface area (Å²) in [6.07, 6.45) is 2.03. The average Bonchev–Trinajstić information content (AvgIpc) is 2.49. The number of hydrogen-bond donors (Lipinski definition) is 1. The maximum absolute atomic E-state index is 6.01. The summed E-state index contributed by atoms with van der Waals surface area (Å²) < 4.78 is 5.22. The van der Waals surface area contributed by atoms with Gasteiger partial charge in [-0.2, -0.15) is 0 Å². The lowest BCUT2D eigenvalue weighted by molar-refractivity contribution is 0.414. The summed E-state index contributed by atoms with van der Waals surface area (Å²) in [7, 11) is 1.64. The Morgan fingerprint density at radius 2 is 1.65 bits per heavy atom. The fourth-order valence-electron chi connectivity index (χ4n) is 2.09. The highest BCUT2D eigenvalue weighted by molar-refractivity contribution is 6.32. The van der Waals surface area contributed by atoms with Crippen molar-refractivity contribution in [2.24, 2.45) is 0 Å². The zero-order chi connectivity index (χ0) is 14.2. The van der Waals surface area contributed by atoms with Gasteiger partial charge in [-0.15, -0.1) is 0 Å². The molecule has 0 aliphatic carbocycles. The van der Waals surface area contributed by atoms with Gasteiger partial charge in [-0.25, -0.2) is 0 Å². The van der Waals surface area contributed by atoms with Gasteiger partial charge in [-0.1, -0.05) is 48.0 Å². The van der Waals surface area contributed by atoms with Crippen LogP contribution in [-0.2, 0) is 12.8 Å². The second-order valence-corrected chi connectivity index (χ2v) is 5.11. The van der Waals surface area contributed by atoms with Crippen LogP contribution in [0.1, 0.15) is 11.1 Å². The largest absolute Gasteiger partial charge is 0.495 e. The highest BCUT2D eigenvalue weighted by Crippen LogP contribution is 2.24. The maximum Gasteiger partial charge on any atom is 0.137 e. The van der Waals surface area contributed by atoms with Crippen molar-refractivity contribution in [1.82, 2.24) is 5.32 Å². The Labute approximate surface area is 125 Å². The first-order valence-electron chi connectivity index (χ1n) is 6.86. The van der Waals surface area contributed by atoms with Gasteiger partial charge in [0.05, 0.1) is 12.1 Å². The predicted octanol–water partition coefficient (Wildman–Crippen LogP) is 3.72. The molecule has 1 N–H and O–H groups in total. The van der Waals surface area contributed by atoms with E-state index in [9.17, 15) is 0 Å². The Bertz CT molecular complexity index is 528. The van der Waals surface area contributed by atoms with Crippen LogP contribution in [0.4, 0.5) is 0 Å². The van der Waals surface area contributed by atoms with Crippen LogP contribution in [0.25, 0.3) is 0 Å². The minimum atomic E-state index is 0.660. The van der Waals surface area contributed by atoms with Crippen molar-refractivity contribution in [2.75, 3.05) is 20.2 Å². The van der Waals surface area contributed by atoms with Gasteiger partial charge in [-0.3, -0.25) is 0 Å². The van der Waals surface area contributed by atoms with Crippen LogP contribution in [0.5, 0.6) is 5.75 Å². The molecule has 2 rings (SSSR count). The summed E-state index contributed by atoms with van der Waals surface area (Å²) in [5, 5.41) is 4.12. The van der Waals surface area contributed by atoms with Crippen LogP contribution in [0.15, 0.2) is 48.5 Å². The molecule has 0 bridgehead atoms. The summed E-state index contributed by atoms with van der Waals surface area (Å²) in [5.74, 6) is 0.744. The fourth-order valence-corrected chi connectivity index (χ4v) is 2.29. The van der Waals surface area contributed by atoms with Gasteiger partial charge in [-0.05, 0) is 49.2 Å². The molecule has 0 aliphatic heterocycles. The average molecular weight is 290 g/mol. The molecule has 0 saturated heterocycles. The molecule has 0 radical (unpaired) electrons. The third-order valence-corrected chi connectivity index (χ3v) is 3.55. The maximum atomic E-state index is 6.01. The number of benzene rings is 2. The van der Waals surface area contributed by atoms with Crippen LogP contribution in [0.3, 0.4) is 0 Å². The van der Waals surface area contributed by atoms with Gasteiger partial charge < -0.3 is 10.1 Å². The number of hydrogen-bond acceptors (Lipinski definition) is 2. The number of methoxy groups -OCH3 is 1. The van der Waals surface area contributed by atoms with Crippen molar-refractivity contribution in [2.45, 2.75) is 12.8 Å². The Morgan fingerprint density at radius 3 is 2.35 bits per heavy atom. The molecule has 0 amide bonds. The van der Waals surface area contributed by atoms with E-state index in [1.807, 2.05) is 24.3 Å². The van der Waals surface area contributed by atoms with E-state index < -0.39 is 0 Å². The molecule has 0 unspecified atom stereocenters. The van der Waals surface area contributed by atoms with Crippen LogP contribution in [0.2, 0.25) is 5.02 Å². The molecule has 0 atom stereocenters. The predicted molar refractivity (Wildman–Crippen MR) is 84.7 cm³/mol. The fraction of sp³-hybridized carbons (Fsp3) is 0.294. The molecule has 2 nitrogen and oxygen atoms in total. The molecule has 0 saturated carbocycles. The lowest BCUT2D eigenvalue weighted by Crippen LogP contribution is -2.20. The van der Waals surface area contributed by atoms with Crippen LogP contribution in [-0.4, -0.2) is 20.2 Å². The molecule has 2 aromatic rings. The summed E-state index contributed by atoms with van der Waals surface area (Å²) >= 11 is 6.01. The monoisotopic (exact) mass is 289 g/mol. The molecule has 3 heteroatoms.